The van der Waals surface area contributed by atoms with Gasteiger partial charge in [0.05, 0.1) is 12.1 Å². The number of thioether (sulfide) groups is 1. The molecule has 152 valence electrons. The molecule has 1 aliphatic heterocycles. The van der Waals surface area contributed by atoms with E-state index in [-0.39, 0.29) is 0 Å². The van der Waals surface area contributed by atoms with E-state index in [4.69, 9.17) is 4.99 Å². The fourth-order valence-corrected chi connectivity index (χ4v) is 5.47. The summed E-state index contributed by atoms with van der Waals surface area (Å²) in [5, 5.41) is 15.6. The zero-order chi connectivity index (χ0) is 19.3. The van der Waals surface area contributed by atoms with Crippen LogP contribution < -0.4 is 10.2 Å². The summed E-state index contributed by atoms with van der Waals surface area (Å²) in [6.45, 7) is 11.3. The number of aryl methyl sites for hydroxylation is 1. The SMILES string of the molecule is CCNC(=NCC1(O)CCC1SCC)N1CCN(c2nc(CC)ns2)CC1. The van der Waals surface area contributed by atoms with Crippen molar-refractivity contribution >= 4 is 34.4 Å². The van der Waals surface area contributed by atoms with Gasteiger partial charge in [0.15, 0.2) is 5.96 Å². The standard InChI is InChI=1S/C18H32N6OS2/c1-4-15-21-17(27-22-15)24-11-9-23(10-12-24)16(19-5-2)20-13-18(25)8-7-14(18)26-6-3/h14,25H,4-13H2,1-3H3,(H,19,20). The van der Waals surface area contributed by atoms with Gasteiger partial charge >= 0.3 is 0 Å². The molecule has 1 aromatic heterocycles. The summed E-state index contributed by atoms with van der Waals surface area (Å²) >= 11 is 3.35. The number of piperazine rings is 1. The molecule has 2 heterocycles. The molecule has 1 saturated carbocycles. The maximum atomic E-state index is 10.8. The van der Waals surface area contributed by atoms with Gasteiger partial charge in [-0.15, -0.1) is 0 Å². The van der Waals surface area contributed by atoms with E-state index in [1.165, 1.54) is 11.5 Å². The lowest BCUT2D eigenvalue weighted by atomic mass is 9.79. The minimum absolute atomic E-state index is 0.330. The van der Waals surface area contributed by atoms with Gasteiger partial charge in [-0.2, -0.15) is 16.1 Å². The summed E-state index contributed by atoms with van der Waals surface area (Å²) < 4.78 is 4.40. The first-order valence-electron chi connectivity index (χ1n) is 10.0. The van der Waals surface area contributed by atoms with Crippen LogP contribution in [0, 0.1) is 0 Å². The van der Waals surface area contributed by atoms with Crippen molar-refractivity contribution in [1.82, 2.24) is 19.6 Å². The number of nitrogens with one attached hydrogen (secondary N) is 1. The quantitative estimate of drug-likeness (QED) is 0.523. The Balaban J connectivity index is 1.57. The zero-order valence-electron chi connectivity index (χ0n) is 16.6. The van der Waals surface area contributed by atoms with Crippen LogP contribution in [0.2, 0.25) is 0 Å². The number of aliphatic imine (C=N–C) groups is 1. The molecule has 2 atom stereocenters. The maximum absolute atomic E-state index is 10.8. The molecule has 1 saturated heterocycles. The van der Waals surface area contributed by atoms with Gasteiger partial charge in [-0.25, -0.2) is 4.98 Å². The Morgan fingerprint density at radius 3 is 2.67 bits per heavy atom. The number of aliphatic hydroxyl groups is 1. The van der Waals surface area contributed by atoms with Crippen LogP contribution in [0.25, 0.3) is 0 Å². The predicted molar refractivity (Wildman–Crippen MR) is 115 cm³/mol. The van der Waals surface area contributed by atoms with Gasteiger partial charge in [0.1, 0.15) is 5.82 Å². The molecule has 0 bridgehead atoms. The summed E-state index contributed by atoms with van der Waals surface area (Å²) in [5.74, 6) is 2.90. The van der Waals surface area contributed by atoms with E-state index >= 15 is 0 Å². The summed E-state index contributed by atoms with van der Waals surface area (Å²) in [6, 6.07) is 0. The average molecular weight is 413 g/mol. The zero-order valence-corrected chi connectivity index (χ0v) is 18.3. The third-order valence-corrected chi connectivity index (χ3v) is 7.49. The van der Waals surface area contributed by atoms with Gasteiger partial charge in [-0.05, 0) is 25.5 Å². The van der Waals surface area contributed by atoms with Crippen LogP contribution in [0.5, 0.6) is 0 Å². The molecule has 0 aromatic carbocycles. The van der Waals surface area contributed by atoms with E-state index < -0.39 is 5.60 Å². The van der Waals surface area contributed by atoms with Crippen molar-refractivity contribution in [1.29, 1.82) is 0 Å². The van der Waals surface area contributed by atoms with Crippen LogP contribution >= 0.6 is 23.3 Å². The first-order valence-corrected chi connectivity index (χ1v) is 11.9. The van der Waals surface area contributed by atoms with Crippen LogP contribution in [0.4, 0.5) is 5.13 Å². The van der Waals surface area contributed by atoms with Crippen molar-refractivity contribution in [3.8, 4) is 0 Å². The largest absolute Gasteiger partial charge is 0.387 e. The third-order valence-electron chi connectivity index (χ3n) is 5.27. The Labute approximate surface area is 170 Å². The molecule has 3 rings (SSSR count). The van der Waals surface area contributed by atoms with Crippen molar-refractivity contribution in [3.05, 3.63) is 5.82 Å². The summed E-state index contributed by atoms with van der Waals surface area (Å²) in [5.41, 5.74) is -0.633. The highest BCUT2D eigenvalue weighted by Crippen LogP contribution is 2.41. The van der Waals surface area contributed by atoms with Crippen LogP contribution in [0.1, 0.15) is 39.4 Å². The molecule has 2 unspecified atom stereocenters. The molecule has 0 amide bonds. The smallest absolute Gasteiger partial charge is 0.205 e. The molecular weight excluding hydrogens is 380 g/mol. The van der Waals surface area contributed by atoms with Crippen molar-refractivity contribution in [2.75, 3.05) is 49.9 Å². The van der Waals surface area contributed by atoms with Gasteiger partial charge in [-0.3, -0.25) is 4.99 Å². The Morgan fingerprint density at radius 2 is 2.11 bits per heavy atom. The van der Waals surface area contributed by atoms with E-state index in [2.05, 4.69) is 45.2 Å². The summed E-state index contributed by atoms with van der Waals surface area (Å²) in [7, 11) is 0. The average Bonchev–Trinajstić information content (AvgIpc) is 3.17. The number of nitrogens with zero attached hydrogens (tertiary/aromatic N) is 5. The fraction of sp³-hybridized carbons (Fsp3) is 0.833. The van der Waals surface area contributed by atoms with E-state index in [0.29, 0.717) is 11.8 Å². The lowest BCUT2D eigenvalue weighted by Gasteiger charge is -2.44. The molecular formula is C18H32N6OS2. The Kier molecular flexibility index (Phi) is 7.22. The molecule has 1 aromatic rings. The second kappa shape index (κ2) is 9.43. The van der Waals surface area contributed by atoms with Crippen molar-refractivity contribution in [2.45, 2.75) is 50.9 Å². The second-order valence-corrected chi connectivity index (χ2v) is 9.29. The van der Waals surface area contributed by atoms with E-state index in [9.17, 15) is 5.11 Å². The number of rotatable bonds is 7. The van der Waals surface area contributed by atoms with Crippen molar-refractivity contribution < 1.29 is 5.11 Å². The number of hydrogen-bond acceptors (Lipinski definition) is 7. The summed E-state index contributed by atoms with van der Waals surface area (Å²) in [4.78, 5) is 14.0. The third kappa shape index (κ3) is 4.86. The van der Waals surface area contributed by atoms with E-state index in [1.54, 1.807) is 0 Å². The molecule has 1 aliphatic carbocycles. The second-order valence-electron chi connectivity index (χ2n) is 7.08. The molecule has 0 spiro atoms. The lowest BCUT2D eigenvalue weighted by molar-refractivity contribution is -0.0156. The first kappa shape index (κ1) is 20.7. The normalized spacial score (nSPS) is 26.2. The highest BCUT2D eigenvalue weighted by molar-refractivity contribution is 8.00. The highest BCUT2D eigenvalue weighted by atomic mass is 32.2. The lowest BCUT2D eigenvalue weighted by Crippen LogP contribution is -2.55. The predicted octanol–water partition coefficient (Wildman–Crippen LogP) is 1.83. The van der Waals surface area contributed by atoms with Gasteiger partial charge < -0.3 is 20.2 Å². The Bertz CT molecular complexity index is 631. The summed E-state index contributed by atoms with van der Waals surface area (Å²) in [6.07, 6.45) is 2.84. The first-order chi connectivity index (χ1) is 13.1. The molecule has 27 heavy (non-hydrogen) atoms. The number of anilines is 1. The molecule has 7 nitrogen and oxygen atoms in total. The number of hydrogen-bond donors (Lipinski definition) is 2. The van der Waals surface area contributed by atoms with Crippen LogP contribution in [0.3, 0.4) is 0 Å². The van der Waals surface area contributed by atoms with Gasteiger partial charge in [0, 0.05) is 55.9 Å². The highest BCUT2D eigenvalue weighted by Gasteiger charge is 2.45. The minimum Gasteiger partial charge on any atom is -0.387 e. The van der Waals surface area contributed by atoms with E-state index in [1.807, 2.05) is 11.8 Å². The van der Waals surface area contributed by atoms with Gasteiger partial charge in [-0.1, -0.05) is 13.8 Å². The fourth-order valence-electron chi connectivity index (χ4n) is 3.48. The minimum atomic E-state index is -0.633. The molecule has 9 heteroatoms. The Hall–Kier alpha value is -1.06. The van der Waals surface area contributed by atoms with E-state index in [0.717, 1.165) is 74.7 Å². The molecule has 0 radical (unpaired) electrons. The number of guanidine groups is 1. The van der Waals surface area contributed by atoms with Gasteiger partial charge in [0.2, 0.25) is 5.13 Å². The van der Waals surface area contributed by atoms with Crippen LogP contribution in [0.15, 0.2) is 4.99 Å². The molecule has 2 fully saturated rings. The van der Waals surface area contributed by atoms with Gasteiger partial charge in [0.25, 0.3) is 0 Å². The van der Waals surface area contributed by atoms with Crippen molar-refractivity contribution in [3.63, 3.8) is 0 Å². The van der Waals surface area contributed by atoms with Crippen LogP contribution in [-0.4, -0.2) is 81.2 Å². The van der Waals surface area contributed by atoms with Crippen LogP contribution in [-0.2, 0) is 6.42 Å². The molecule has 2 aliphatic rings. The number of aromatic nitrogens is 2. The van der Waals surface area contributed by atoms with Crippen molar-refractivity contribution in [2.24, 2.45) is 4.99 Å². The molecule has 2 N–H and O–H groups in total. The monoisotopic (exact) mass is 412 g/mol. The Morgan fingerprint density at radius 1 is 1.33 bits per heavy atom. The topological polar surface area (TPSA) is 76.9 Å². The maximum Gasteiger partial charge on any atom is 0.205 e.